The molecule has 102 valence electrons. The first-order valence-corrected chi connectivity index (χ1v) is 6.40. The Morgan fingerprint density at radius 2 is 2.06 bits per heavy atom. The zero-order chi connectivity index (χ0) is 13.0. The molecule has 0 bridgehead atoms. The zero-order valence-electron chi connectivity index (χ0n) is 10.3. The maximum absolute atomic E-state index is 12.2. The van der Waals surface area contributed by atoms with E-state index in [1.54, 1.807) is 4.90 Å². The van der Waals surface area contributed by atoms with Crippen molar-refractivity contribution in [1.82, 2.24) is 4.90 Å². The van der Waals surface area contributed by atoms with Gasteiger partial charge in [0, 0.05) is 19.7 Å². The lowest BCUT2D eigenvalue weighted by Gasteiger charge is -2.35. The summed E-state index contributed by atoms with van der Waals surface area (Å²) < 4.78 is 10.8. The van der Waals surface area contributed by atoms with Gasteiger partial charge in [-0.2, -0.15) is 0 Å². The molecule has 1 amide bonds. The molecule has 2 heterocycles. The molecule has 0 aromatic rings. The van der Waals surface area contributed by atoms with Gasteiger partial charge in [-0.25, -0.2) is 0 Å². The van der Waals surface area contributed by atoms with Gasteiger partial charge in [0.25, 0.3) is 5.91 Å². The SMILES string of the molecule is O=C(O)C[C@@H]1CN(C(=O)[C@@H]2CCCCO2)CCO1. The Bertz CT molecular complexity index is 314. The van der Waals surface area contributed by atoms with Crippen LogP contribution in [-0.4, -0.2) is 60.4 Å². The molecule has 0 unspecified atom stereocenters. The molecule has 0 radical (unpaired) electrons. The number of carbonyl (C=O) groups is 2. The number of ether oxygens (including phenoxy) is 2. The number of hydrogen-bond donors (Lipinski definition) is 1. The van der Waals surface area contributed by atoms with Gasteiger partial charge >= 0.3 is 5.97 Å². The predicted octanol–water partition coefficient (Wildman–Crippen LogP) is 0.258. The Morgan fingerprint density at radius 1 is 1.22 bits per heavy atom. The standard InChI is InChI=1S/C12H19NO5/c14-11(15)7-9-8-13(4-6-17-9)12(16)10-3-1-2-5-18-10/h9-10H,1-8H2,(H,14,15)/t9-,10+/m1/s1. The van der Waals surface area contributed by atoms with Crippen molar-refractivity contribution in [2.75, 3.05) is 26.3 Å². The molecule has 0 saturated carbocycles. The third-order valence-electron chi connectivity index (χ3n) is 3.31. The summed E-state index contributed by atoms with van der Waals surface area (Å²) in [6.07, 6.45) is 1.98. The molecule has 2 atom stereocenters. The van der Waals surface area contributed by atoms with Gasteiger partial charge < -0.3 is 19.5 Å². The number of amides is 1. The Morgan fingerprint density at radius 3 is 2.72 bits per heavy atom. The molecule has 2 rings (SSSR count). The summed E-state index contributed by atoms with van der Waals surface area (Å²) in [4.78, 5) is 24.5. The molecule has 0 aromatic heterocycles. The number of nitrogens with zero attached hydrogens (tertiary/aromatic N) is 1. The summed E-state index contributed by atoms with van der Waals surface area (Å²) in [5.74, 6) is -0.920. The van der Waals surface area contributed by atoms with Crippen LogP contribution >= 0.6 is 0 Å². The van der Waals surface area contributed by atoms with Crippen molar-refractivity contribution >= 4 is 11.9 Å². The van der Waals surface area contributed by atoms with Crippen molar-refractivity contribution in [2.45, 2.75) is 37.9 Å². The van der Waals surface area contributed by atoms with Crippen LogP contribution in [0, 0.1) is 0 Å². The second-order valence-electron chi connectivity index (χ2n) is 4.73. The van der Waals surface area contributed by atoms with Gasteiger partial charge in [0.1, 0.15) is 6.10 Å². The monoisotopic (exact) mass is 257 g/mol. The first-order valence-electron chi connectivity index (χ1n) is 6.40. The van der Waals surface area contributed by atoms with Gasteiger partial charge in [0.15, 0.2) is 0 Å². The van der Waals surface area contributed by atoms with Crippen LogP contribution in [0.1, 0.15) is 25.7 Å². The molecule has 0 aliphatic carbocycles. The normalized spacial score (nSPS) is 29.0. The minimum absolute atomic E-state index is 0.0200. The molecule has 6 heteroatoms. The summed E-state index contributed by atoms with van der Waals surface area (Å²) in [5.41, 5.74) is 0. The van der Waals surface area contributed by atoms with E-state index in [9.17, 15) is 9.59 Å². The van der Waals surface area contributed by atoms with Crippen molar-refractivity contribution in [3.63, 3.8) is 0 Å². The number of rotatable bonds is 3. The van der Waals surface area contributed by atoms with Crippen LogP contribution in [0.5, 0.6) is 0 Å². The lowest BCUT2D eigenvalue weighted by atomic mass is 10.1. The van der Waals surface area contributed by atoms with Crippen LogP contribution in [0.15, 0.2) is 0 Å². The van der Waals surface area contributed by atoms with Crippen LogP contribution in [0.3, 0.4) is 0 Å². The molecule has 6 nitrogen and oxygen atoms in total. The van der Waals surface area contributed by atoms with Gasteiger partial charge in [0.2, 0.25) is 0 Å². The Kier molecular flexibility index (Phi) is 4.54. The van der Waals surface area contributed by atoms with E-state index in [1.807, 2.05) is 0 Å². The van der Waals surface area contributed by atoms with Crippen LogP contribution in [-0.2, 0) is 19.1 Å². The minimum atomic E-state index is -0.900. The first-order chi connectivity index (χ1) is 8.66. The molecule has 1 N–H and O–H groups in total. The summed E-state index contributed by atoms with van der Waals surface area (Å²) in [5, 5.41) is 8.73. The topological polar surface area (TPSA) is 76.1 Å². The fourth-order valence-corrected chi connectivity index (χ4v) is 2.38. The zero-order valence-corrected chi connectivity index (χ0v) is 10.3. The highest BCUT2D eigenvalue weighted by Gasteiger charge is 2.31. The maximum Gasteiger partial charge on any atom is 0.306 e. The molecule has 2 aliphatic rings. The molecule has 0 aromatic carbocycles. The molecule has 2 aliphatic heterocycles. The van der Waals surface area contributed by atoms with E-state index in [2.05, 4.69) is 0 Å². The second kappa shape index (κ2) is 6.15. The van der Waals surface area contributed by atoms with Crippen LogP contribution < -0.4 is 0 Å². The van der Waals surface area contributed by atoms with E-state index in [0.717, 1.165) is 19.3 Å². The average Bonchev–Trinajstić information content (AvgIpc) is 2.38. The third-order valence-corrected chi connectivity index (χ3v) is 3.31. The third kappa shape index (κ3) is 3.43. The molecular weight excluding hydrogens is 238 g/mol. The maximum atomic E-state index is 12.2. The molecule has 2 fully saturated rings. The van der Waals surface area contributed by atoms with Crippen LogP contribution in [0.25, 0.3) is 0 Å². The fraction of sp³-hybridized carbons (Fsp3) is 0.833. The number of hydrogen-bond acceptors (Lipinski definition) is 4. The van der Waals surface area contributed by atoms with Gasteiger partial charge in [-0.15, -0.1) is 0 Å². The van der Waals surface area contributed by atoms with Crippen molar-refractivity contribution < 1.29 is 24.2 Å². The summed E-state index contributed by atoms with van der Waals surface area (Å²) >= 11 is 0. The molecule has 0 spiro atoms. The Hall–Kier alpha value is -1.14. The van der Waals surface area contributed by atoms with E-state index in [0.29, 0.717) is 26.3 Å². The Balaban J connectivity index is 1.87. The van der Waals surface area contributed by atoms with Gasteiger partial charge in [-0.3, -0.25) is 9.59 Å². The highest BCUT2D eigenvalue weighted by Crippen LogP contribution is 2.17. The van der Waals surface area contributed by atoms with E-state index in [1.165, 1.54) is 0 Å². The number of aliphatic carboxylic acids is 1. The van der Waals surface area contributed by atoms with E-state index in [-0.39, 0.29) is 18.4 Å². The van der Waals surface area contributed by atoms with Gasteiger partial charge in [-0.1, -0.05) is 0 Å². The number of carboxylic acid groups (broad SMARTS) is 1. The molecular formula is C12H19NO5. The largest absolute Gasteiger partial charge is 0.481 e. The van der Waals surface area contributed by atoms with Crippen LogP contribution in [0.2, 0.25) is 0 Å². The lowest BCUT2D eigenvalue weighted by Crippen LogP contribution is -2.50. The van der Waals surface area contributed by atoms with Crippen molar-refractivity contribution in [1.29, 1.82) is 0 Å². The van der Waals surface area contributed by atoms with E-state index >= 15 is 0 Å². The number of morpholine rings is 1. The van der Waals surface area contributed by atoms with Gasteiger partial charge in [-0.05, 0) is 19.3 Å². The first kappa shape index (κ1) is 13.3. The van der Waals surface area contributed by atoms with Crippen LogP contribution in [0.4, 0.5) is 0 Å². The van der Waals surface area contributed by atoms with Crippen molar-refractivity contribution in [3.05, 3.63) is 0 Å². The predicted molar refractivity (Wildman–Crippen MR) is 62.2 cm³/mol. The summed E-state index contributed by atoms with van der Waals surface area (Å²) in [7, 11) is 0. The smallest absolute Gasteiger partial charge is 0.306 e. The van der Waals surface area contributed by atoms with Crippen molar-refractivity contribution in [3.8, 4) is 0 Å². The van der Waals surface area contributed by atoms with Gasteiger partial charge in [0.05, 0.1) is 19.1 Å². The molecule has 18 heavy (non-hydrogen) atoms. The summed E-state index contributed by atoms with van der Waals surface area (Å²) in [6, 6.07) is 0. The molecule has 2 saturated heterocycles. The average molecular weight is 257 g/mol. The van der Waals surface area contributed by atoms with Crippen molar-refractivity contribution in [2.24, 2.45) is 0 Å². The highest BCUT2D eigenvalue weighted by molar-refractivity contribution is 5.81. The van der Waals surface area contributed by atoms with E-state index < -0.39 is 12.1 Å². The quantitative estimate of drug-likeness (QED) is 0.784. The number of carbonyl (C=O) groups excluding carboxylic acids is 1. The lowest BCUT2D eigenvalue weighted by molar-refractivity contribution is -0.157. The summed E-state index contributed by atoms with van der Waals surface area (Å²) in [6.45, 7) is 1.91. The minimum Gasteiger partial charge on any atom is -0.481 e. The Labute approximate surface area is 106 Å². The number of carboxylic acids is 1. The fourth-order valence-electron chi connectivity index (χ4n) is 2.38. The van der Waals surface area contributed by atoms with E-state index in [4.69, 9.17) is 14.6 Å². The highest BCUT2D eigenvalue weighted by atomic mass is 16.5. The second-order valence-corrected chi connectivity index (χ2v) is 4.73.